The average Bonchev–Trinajstić information content (AvgIpc) is 2.19. The van der Waals surface area contributed by atoms with Gasteiger partial charge in [0.2, 0.25) is 0 Å². The van der Waals surface area contributed by atoms with Gasteiger partial charge in [-0.1, -0.05) is 18.2 Å². The van der Waals surface area contributed by atoms with Gasteiger partial charge in [-0.3, -0.25) is 4.79 Å². The van der Waals surface area contributed by atoms with E-state index >= 15 is 0 Å². The third kappa shape index (κ3) is 2.02. The molecule has 0 bridgehead atoms. The zero-order valence-corrected chi connectivity index (χ0v) is 8.70. The monoisotopic (exact) mass is 190 g/mol. The Morgan fingerprint density at radius 2 is 2.07 bits per heavy atom. The van der Waals surface area contributed by atoms with Crippen molar-refractivity contribution < 1.29 is 9.53 Å². The van der Waals surface area contributed by atoms with E-state index in [4.69, 9.17) is 4.74 Å². The Balaban J connectivity index is 3.24. The summed E-state index contributed by atoms with van der Waals surface area (Å²) < 4.78 is 4.85. The van der Waals surface area contributed by atoms with Crippen LogP contribution < -0.4 is 0 Å². The highest BCUT2D eigenvalue weighted by atomic mass is 16.5. The van der Waals surface area contributed by atoms with Crippen LogP contribution in [0.3, 0.4) is 0 Å². The standard InChI is InChI=1S/C12H14O2/c1-9-5-4-6-12(10(9)2)11(7-13)8-14-3/h4-8H,1-3H3. The molecule has 0 radical (unpaired) electrons. The van der Waals surface area contributed by atoms with Gasteiger partial charge in [0.1, 0.15) is 0 Å². The van der Waals surface area contributed by atoms with Crippen molar-refractivity contribution >= 4 is 11.9 Å². The SMILES string of the molecule is COC=C(C=O)c1cccc(C)c1C. The van der Waals surface area contributed by atoms with Gasteiger partial charge in [-0.25, -0.2) is 0 Å². The van der Waals surface area contributed by atoms with Crippen LogP contribution in [0.15, 0.2) is 24.5 Å². The highest BCUT2D eigenvalue weighted by Crippen LogP contribution is 2.19. The molecule has 0 saturated carbocycles. The third-order valence-corrected chi connectivity index (χ3v) is 2.29. The summed E-state index contributed by atoms with van der Waals surface area (Å²) in [6.07, 6.45) is 2.28. The molecule has 1 rings (SSSR count). The molecule has 0 aliphatic heterocycles. The lowest BCUT2D eigenvalue weighted by atomic mass is 9.98. The van der Waals surface area contributed by atoms with E-state index in [2.05, 4.69) is 0 Å². The van der Waals surface area contributed by atoms with E-state index in [1.54, 1.807) is 0 Å². The molecule has 0 N–H and O–H groups in total. The van der Waals surface area contributed by atoms with Crippen LogP contribution in [-0.4, -0.2) is 13.4 Å². The van der Waals surface area contributed by atoms with Crippen molar-refractivity contribution in [3.05, 3.63) is 41.2 Å². The number of hydrogen-bond donors (Lipinski definition) is 0. The molecule has 1 aromatic carbocycles. The normalized spacial score (nSPS) is 11.2. The molecule has 0 fully saturated rings. The van der Waals surface area contributed by atoms with E-state index in [1.807, 2.05) is 32.0 Å². The molecule has 0 atom stereocenters. The number of aldehydes is 1. The Labute approximate surface area is 84.2 Å². The molecule has 0 aliphatic carbocycles. The third-order valence-electron chi connectivity index (χ3n) is 2.29. The minimum atomic E-state index is 0.578. The molecule has 0 amide bonds. The van der Waals surface area contributed by atoms with Crippen LogP contribution in [-0.2, 0) is 9.53 Å². The summed E-state index contributed by atoms with van der Waals surface area (Å²) in [5.41, 5.74) is 3.80. The molecule has 0 aliphatic rings. The minimum Gasteiger partial charge on any atom is -0.504 e. The Morgan fingerprint density at radius 3 is 2.64 bits per heavy atom. The fraction of sp³-hybridized carbons (Fsp3) is 0.250. The fourth-order valence-electron chi connectivity index (χ4n) is 1.35. The predicted octanol–water partition coefficient (Wildman–Crippen LogP) is 2.49. The number of benzene rings is 1. The minimum absolute atomic E-state index is 0.578. The summed E-state index contributed by atoms with van der Waals surface area (Å²) in [6.45, 7) is 4.02. The van der Waals surface area contributed by atoms with Crippen molar-refractivity contribution in [2.75, 3.05) is 7.11 Å². The van der Waals surface area contributed by atoms with Crippen LogP contribution in [0.2, 0.25) is 0 Å². The van der Waals surface area contributed by atoms with Crippen molar-refractivity contribution in [3.8, 4) is 0 Å². The summed E-state index contributed by atoms with van der Waals surface area (Å²) in [4.78, 5) is 10.8. The molecule has 0 heterocycles. The highest BCUT2D eigenvalue weighted by Gasteiger charge is 2.05. The van der Waals surface area contributed by atoms with E-state index in [-0.39, 0.29) is 0 Å². The number of ether oxygens (including phenoxy) is 1. The van der Waals surface area contributed by atoms with E-state index < -0.39 is 0 Å². The van der Waals surface area contributed by atoms with Crippen LogP contribution in [0.4, 0.5) is 0 Å². The Kier molecular flexibility index (Phi) is 3.46. The lowest BCUT2D eigenvalue weighted by molar-refractivity contribution is -0.103. The molecule has 14 heavy (non-hydrogen) atoms. The molecule has 0 spiro atoms. The number of methoxy groups -OCH3 is 1. The summed E-state index contributed by atoms with van der Waals surface area (Å²) in [7, 11) is 1.54. The lowest BCUT2D eigenvalue weighted by Crippen LogP contribution is -1.93. The summed E-state index contributed by atoms with van der Waals surface area (Å²) in [5.74, 6) is 0. The average molecular weight is 190 g/mol. The van der Waals surface area contributed by atoms with Gasteiger partial charge in [0.05, 0.1) is 18.9 Å². The first-order valence-electron chi connectivity index (χ1n) is 4.45. The second-order valence-corrected chi connectivity index (χ2v) is 3.17. The number of hydrogen-bond acceptors (Lipinski definition) is 2. The van der Waals surface area contributed by atoms with E-state index in [0.29, 0.717) is 5.57 Å². The summed E-state index contributed by atoms with van der Waals surface area (Å²) >= 11 is 0. The van der Waals surface area contributed by atoms with Gasteiger partial charge in [-0.2, -0.15) is 0 Å². The maximum absolute atomic E-state index is 10.8. The van der Waals surface area contributed by atoms with Crippen LogP contribution >= 0.6 is 0 Å². The maximum atomic E-state index is 10.8. The van der Waals surface area contributed by atoms with Crippen LogP contribution in [0.25, 0.3) is 5.57 Å². The molecule has 0 saturated heterocycles. The van der Waals surface area contributed by atoms with Gasteiger partial charge >= 0.3 is 0 Å². The number of aryl methyl sites for hydroxylation is 1. The number of carbonyl (C=O) groups excluding carboxylic acids is 1. The topological polar surface area (TPSA) is 26.3 Å². The molecule has 74 valence electrons. The lowest BCUT2D eigenvalue weighted by Gasteiger charge is -2.07. The quantitative estimate of drug-likeness (QED) is 0.416. The van der Waals surface area contributed by atoms with Crippen molar-refractivity contribution in [2.45, 2.75) is 13.8 Å². The molecule has 2 heteroatoms. The maximum Gasteiger partial charge on any atom is 0.153 e. The molecule has 2 nitrogen and oxygen atoms in total. The van der Waals surface area contributed by atoms with Gasteiger partial charge in [0.25, 0.3) is 0 Å². The Morgan fingerprint density at radius 1 is 1.36 bits per heavy atom. The molecule has 0 aromatic heterocycles. The van der Waals surface area contributed by atoms with Gasteiger partial charge in [0.15, 0.2) is 6.29 Å². The first kappa shape index (κ1) is 10.5. The number of allylic oxidation sites excluding steroid dienone is 1. The van der Waals surface area contributed by atoms with E-state index in [0.717, 1.165) is 17.4 Å². The van der Waals surface area contributed by atoms with Gasteiger partial charge in [0, 0.05) is 0 Å². The van der Waals surface area contributed by atoms with Crippen molar-refractivity contribution in [1.82, 2.24) is 0 Å². The van der Waals surface area contributed by atoms with Crippen LogP contribution in [0.1, 0.15) is 16.7 Å². The summed E-state index contributed by atoms with van der Waals surface area (Å²) in [5, 5.41) is 0. The molecular weight excluding hydrogens is 176 g/mol. The second kappa shape index (κ2) is 4.61. The summed E-state index contributed by atoms with van der Waals surface area (Å²) in [6, 6.07) is 5.88. The van der Waals surface area contributed by atoms with Crippen molar-refractivity contribution in [2.24, 2.45) is 0 Å². The molecule has 0 unspecified atom stereocenters. The largest absolute Gasteiger partial charge is 0.504 e. The van der Waals surface area contributed by atoms with Crippen LogP contribution in [0, 0.1) is 13.8 Å². The second-order valence-electron chi connectivity index (χ2n) is 3.17. The van der Waals surface area contributed by atoms with Gasteiger partial charge in [-0.05, 0) is 30.5 Å². The molecule has 1 aromatic rings. The number of rotatable bonds is 3. The van der Waals surface area contributed by atoms with E-state index in [9.17, 15) is 4.79 Å². The fourth-order valence-corrected chi connectivity index (χ4v) is 1.35. The first-order chi connectivity index (χ1) is 6.70. The Bertz CT molecular complexity index is 365. The van der Waals surface area contributed by atoms with Crippen molar-refractivity contribution in [3.63, 3.8) is 0 Å². The van der Waals surface area contributed by atoms with Gasteiger partial charge < -0.3 is 4.74 Å². The highest BCUT2D eigenvalue weighted by molar-refractivity contribution is 6.07. The predicted molar refractivity (Wildman–Crippen MR) is 57.0 cm³/mol. The van der Waals surface area contributed by atoms with Crippen molar-refractivity contribution in [1.29, 1.82) is 0 Å². The van der Waals surface area contributed by atoms with E-state index in [1.165, 1.54) is 18.9 Å². The number of carbonyl (C=O) groups is 1. The van der Waals surface area contributed by atoms with Gasteiger partial charge in [-0.15, -0.1) is 0 Å². The zero-order valence-electron chi connectivity index (χ0n) is 8.70. The Hall–Kier alpha value is -1.57. The first-order valence-corrected chi connectivity index (χ1v) is 4.45. The molecular formula is C12H14O2. The zero-order chi connectivity index (χ0) is 10.6. The van der Waals surface area contributed by atoms with Crippen LogP contribution in [0.5, 0.6) is 0 Å². The smallest absolute Gasteiger partial charge is 0.153 e.